The fraction of sp³-hybridized carbons (Fsp3) is 0.370. The molecule has 0 aromatic heterocycles. The van der Waals surface area contributed by atoms with Gasteiger partial charge in [0.05, 0.1) is 6.54 Å². The van der Waals surface area contributed by atoms with Crippen LogP contribution in [0.4, 0.5) is 8.78 Å². The first-order valence-electron chi connectivity index (χ1n) is 12.6. The van der Waals surface area contributed by atoms with Crippen LogP contribution in [0.15, 0.2) is 52.1 Å². The Bertz CT molecular complexity index is 1530. The first kappa shape index (κ1) is 25.8. The van der Waals surface area contributed by atoms with Crippen LogP contribution in [0, 0.1) is 11.6 Å². The number of halogens is 2. The lowest BCUT2D eigenvalue weighted by molar-refractivity contribution is 0.153. The minimum atomic E-state index is -1.00. The van der Waals surface area contributed by atoms with Gasteiger partial charge < -0.3 is 9.80 Å². The van der Waals surface area contributed by atoms with E-state index >= 15 is 0 Å². The number of aromatic nitrogens is 5. The number of rotatable bonds is 7. The zero-order chi connectivity index (χ0) is 26.8. The van der Waals surface area contributed by atoms with Crippen molar-refractivity contribution in [3.8, 4) is 22.9 Å². The van der Waals surface area contributed by atoms with Gasteiger partial charge in [-0.3, -0.25) is 9.36 Å². The zero-order valence-corrected chi connectivity index (χ0v) is 21.4. The Hall–Kier alpha value is -3.83. The predicted octanol–water partition coefficient (Wildman–Crippen LogP) is 2.01. The van der Waals surface area contributed by atoms with E-state index in [4.69, 9.17) is 0 Å². The largest absolute Gasteiger partial charge is 0.352 e. The molecule has 0 atom stereocenters. The van der Waals surface area contributed by atoms with E-state index in [-0.39, 0.29) is 23.9 Å². The van der Waals surface area contributed by atoms with Crippen LogP contribution in [-0.4, -0.2) is 73.9 Å². The van der Waals surface area contributed by atoms with E-state index in [9.17, 15) is 18.4 Å². The number of benzene rings is 2. The molecule has 11 heteroatoms. The SMILES string of the molecule is CN1CCN(CCCc2ccc(-c3nc4c(=O)n(C)c(=O)nc-4n(Cc4ccc(F)c(F)c4)n3)cc2)CC1. The maximum Gasteiger partial charge on any atom is 0.352 e. The molecule has 3 aliphatic heterocycles. The first-order valence-corrected chi connectivity index (χ1v) is 12.6. The van der Waals surface area contributed by atoms with E-state index in [2.05, 4.69) is 31.9 Å². The van der Waals surface area contributed by atoms with Crippen LogP contribution in [-0.2, 0) is 20.0 Å². The van der Waals surface area contributed by atoms with Gasteiger partial charge in [0.1, 0.15) is 0 Å². The fourth-order valence-electron chi connectivity index (χ4n) is 4.57. The van der Waals surface area contributed by atoms with Gasteiger partial charge in [-0.25, -0.2) is 23.2 Å². The standard InChI is InChI=1S/C27H29F2N7O2/c1-33-12-14-35(15-13-33)11-3-4-18-5-8-20(9-6-18)24-30-23-25(31-27(38)34(2)26(23)37)36(32-24)17-19-7-10-21(28)22(29)16-19/h5-10,16H,3-4,11-15,17H2,1-2H3. The van der Waals surface area contributed by atoms with Crippen LogP contribution in [0.25, 0.3) is 22.9 Å². The molecule has 0 radical (unpaired) electrons. The summed E-state index contributed by atoms with van der Waals surface area (Å²) in [7, 11) is 3.48. The average Bonchev–Trinajstić information content (AvgIpc) is 2.91. The quantitative estimate of drug-likeness (QED) is 0.368. The van der Waals surface area contributed by atoms with Crippen molar-refractivity contribution >= 4 is 0 Å². The molecular formula is C27H29F2N7O2. The molecular weight excluding hydrogens is 492 g/mol. The molecule has 0 unspecified atom stereocenters. The molecule has 38 heavy (non-hydrogen) atoms. The summed E-state index contributed by atoms with van der Waals surface area (Å²) < 4.78 is 29.5. The number of aryl methyl sites for hydroxylation is 1. The summed E-state index contributed by atoms with van der Waals surface area (Å²) in [6.45, 7) is 5.43. The molecule has 0 aliphatic carbocycles. The zero-order valence-electron chi connectivity index (χ0n) is 21.4. The van der Waals surface area contributed by atoms with Crippen LogP contribution >= 0.6 is 0 Å². The van der Waals surface area contributed by atoms with E-state index in [1.54, 1.807) is 0 Å². The molecule has 5 rings (SSSR count). The van der Waals surface area contributed by atoms with Gasteiger partial charge in [0.15, 0.2) is 29.0 Å². The number of likely N-dealkylation sites (N-methyl/N-ethyl adjacent to an activating group) is 1. The highest BCUT2D eigenvalue weighted by atomic mass is 19.2. The summed E-state index contributed by atoms with van der Waals surface area (Å²) in [6.07, 6.45) is 2.00. The Labute approximate surface area is 218 Å². The molecule has 2 aromatic carbocycles. The summed E-state index contributed by atoms with van der Waals surface area (Å²) in [4.78, 5) is 38.3. The van der Waals surface area contributed by atoms with Gasteiger partial charge in [0.25, 0.3) is 5.56 Å². The van der Waals surface area contributed by atoms with Gasteiger partial charge in [0, 0.05) is 38.8 Å². The summed E-state index contributed by atoms with van der Waals surface area (Å²) in [5.74, 6) is -1.73. The summed E-state index contributed by atoms with van der Waals surface area (Å²) >= 11 is 0. The third kappa shape index (κ3) is 5.53. The Kier molecular flexibility index (Phi) is 7.39. The van der Waals surface area contributed by atoms with Gasteiger partial charge in [-0.15, -0.1) is 0 Å². The molecule has 2 aromatic rings. The smallest absolute Gasteiger partial charge is 0.304 e. The minimum absolute atomic E-state index is 0.0212. The maximum absolute atomic E-state index is 13.8. The highest BCUT2D eigenvalue weighted by Crippen LogP contribution is 2.21. The second-order valence-corrected chi connectivity index (χ2v) is 9.72. The molecule has 3 heterocycles. The summed E-state index contributed by atoms with van der Waals surface area (Å²) in [5, 5.41) is 4.52. The Morgan fingerprint density at radius 3 is 2.29 bits per heavy atom. The van der Waals surface area contributed by atoms with Crippen molar-refractivity contribution in [1.29, 1.82) is 0 Å². The van der Waals surface area contributed by atoms with Crippen molar-refractivity contribution in [2.24, 2.45) is 7.05 Å². The van der Waals surface area contributed by atoms with Gasteiger partial charge in [-0.1, -0.05) is 30.3 Å². The van der Waals surface area contributed by atoms with Crippen LogP contribution in [0.5, 0.6) is 0 Å². The van der Waals surface area contributed by atoms with Crippen molar-refractivity contribution in [2.45, 2.75) is 19.4 Å². The topological polar surface area (TPSA) is 89.1 Å². The molecule has 3 aliphatic rings. The number of hydrogen-bond donors (Lipinski definition) is 0. The highest BCUT2D eigenvalue weighted by Gasteiger charge is 2.21. The lowest BCUT2D eigenvalue weighted by atomic mass is 10.1. The second-order valence-electron chi connectivity index (χ2n) is 9.72. The predicted molar refractivity (Wildman–Crippen MR) is 139 cm³/mol. The van der Waals surface area contributed by atoms with Crippen molar-refractivity contribution in [2.75, 3.05) is 39.8 Å². The summed E-state index contributed by atoms with van der Waals surface area (Å²) in [5.41, 5.74) is 0.873. The molecule has 0 bridgehead atoms. The van der Waals surface area contributed by atoms with Gasteiger partial charge in [-0.05, 0) is 49.7 Å². The minimum Gasteiger partial charge on any atom is -0.304 e. The third-order valence-corrected chi connectivity index (χ3v) is 6.95. The van der Waals surface area contributed by atoms with Crippen molar-refractivity contribution < 1.29 is 8.78 Å². The molecule has 0 spiro atoms. The first-order chi connectivity index (χ1) is 18.3. The maximum atomic E-state index is 13.8. The highest BCUT2D eigenvalue weighted by molar-refractivity contribution is 5.59. The van der Waals surface area contributed by atoms with E-state index in [0.29, 0.717) is 11.1 Å². The van der Waals surface area contributed by atoms with E-state index in [1.165, 1.54) is 23.4 Å². The monoisotopic (exact) mass is 521 g/mol. The van der Waals surface area contributed by atoms with Crippen molar-refractivity contribution in [3.63, 3.8) is 0 Å². The fourth-order valence-corrected chi connectivity index (χ4v) is 4.57. The molecule has 9 nitrogen and oxygen atoms in total. The van der Waals surface area contributed by atoms with Crippen molar-refractivity contribution in [1.82, 2.24) is 34.1 Å². The van der Waals surface area contributed by atoms with E-state index < -0.39 is 22.9 Å². The lowest BCUT2D eigenvalue weighted by Crippen LogP contribution is -2.44. The molecule has 1 fully saturated rings. The molecule has 1 saturated heterocycles. The van der Waals surface area contributed by atoms with Gasteiger partial charge >= 0.3 is 5.69 Å². The van der Waals surface area contributed by atoms with Crippen LogP contribution < -0.4 is 11.2 Å². The van der Waals surface area contributed by atoms with Crippen molar-refractivity contribution in [3.05, 3.63) is 86.1 Å². The van der Waals surface area contributed by atoms with Gasteiger partial charge in [0.2, 0.25) is 0 Å². The van der Waals surface area contributed by atoms with Gasteiger partial charge in [-0.2, -0.15) is 10.1 Å². The van der Waals surface area contributed by atoms with Crippen LogP contribution in [0.3, 0.4) is 0 Å². The normalized spacial score (nSPS) is 14.8. The number of piperazine rings is 1. The number of hydrogen-bond acceptors (Lipinski definition) is 7. The van der Waals surface area contributed by atoms with Crippen LogP contribution in [0.2, 0.25) is 0 Å². The molecule has 198 valence electrons. The average molecular weight is 522 g/mol. The van der Waals surface area contributed by atoms with E-state index in [0.717, 1.165) is 62.3 Å². The lowest BCUT2D eigenvalue weighted by Gasteiger charge is -2.32. The number of fused-ring (bicyclic) bond motifs is 1. The third-order valence-electron chi connectivity index (χ3n) is 6.95. The Balaban J connectivity index is 1.41. The molecule has 0 saturated carbocycles. The summed E-state index contributed by atoms with van der Waals surface area (Å²) in [6, 6.07) is 11.3. The van der Waals surface area contributed by atoms with E-state index in [1.807, 2.05) is 24.3 Å². The molecule has 0 N–H and O–H groups in total. The Morgan fingerprint density at radius 1 is 0.868 bits per heavy atom. The number of nitrogens with zero attached hydrogens (tertiary/aromatic N) is 7. The Morgan fingerprint density at radius 2 is 1.58 bits per heavy atom. The second kappa shape index (κ2) is 10.9. The van der Waals surface area contributed by atoms with Crippen LogP contribution in [0.1, 0.15) is 17.5 Å². The molecule has 0 amide bonds.